The number of aliphatic carboxylic acids is 1. The Bertz CT molecular complexity index is 436. The minimum Gasteiger partial charge on any atom is -0.478 e. The number of rotatable bonds is 4. The zero-order valence-corrected chi connectivity index (χ0v) is 9.41. The molecule has 0 heterocycles. The Kier molecular flexibility index (Phi) is 4.20. The van der Waals surface area contributed by atoms with Gasteiger partial charge in [-0.05, 0) is 37.1 Å². The highest BCUT2D eigenvalue weighted by atomic mass is 19.3. The first-order valence-electron chi connectivity index (χ1n) is 4.88. The fourth-order valence-electron chi connectivity index (χ4n) is 1.26. The maximum Gasteiger partial charge on any atom is 0.387 e. The lowest BCUT2D eigenvalue weighted by Gasteiger charge is -2.07. The zero-order valence-electron chi connectivity index (χ0n) is 9.41. The molecule has 0 aliphatic rings. The van der Waals surface area contributed by atoms with E-state index in [-0.39, 0.29) is 11.3 Å². The van der Waals surface area contributed by atoms with Gasteiger partial charge in [-0.3, -0.25) is 0 Å². The molecule has 0 fully saturated rings. The number of carboxylic acids is 1. The fraction of sp³-hybridized carbons (Fsp3) is 0.250. The van der Waals surface area contributed by atoms with Gasteiger partial charge in [0.15, 0.2) is 0 Å². The first-order valence-corrected chi connectivity index (χ1v) is 4.88. The number of ether oxygens (including phenoxy) is 1. The van der Waals surface area contributed by atoms with E-state index in [1.807, 2.05) is 0 Å². The molecule has 0 saturated heterocycles. The molecule has 1 aromatic rings. The molecule has 0 atom stereocenters. The van der Waals surface area contributed by atoms with Crippen LogP contribution in [0.5, 0.6) is 5.75 Å². The van der Waals surface area contributed by atoms with Gasteiger partial charge in [0.05, 0.1) is 0 Å². The van der Waals surface area contributed by atoms with Crippen molar-refractivity contribution in [1.82, 2.24) is 0 Å². The van der Waals surface area contributed by atoms with Gasteiger partial charge in [-0.25, -0.2) is 4.79 Å². The molecule has 1 rings (SSSR count). The topological polar surface area (TPSA) is 46.5 Å². The standard InChI is InChI=1S/C12H12F2O3/c1-7(8(2)11(15)16)9-3-5-10(6-4-9)17-12(13)14/h3-6,12H,1-2H3,(H,15,16). The zero-order chi connectivity index (χ0) is 13.0. The molecule has 0 aromatic heterocycles. The smallest absolute Gasteiger partial charge is 0.387 e. The normalized spacial score (nSPS) is 12.3. The van der Waals surface area contributed by atoms with Crippen LogP contribution >= 0.6 is 0 Å². The lowest BCUT2D eigenvalue weighted by atomic mass is 10.0. The van der Waals surface area contributed by atoms with E-state index in [1.165, 1.54) is 19.1 Å². The van der Waals surface area contributed by atoms with Gasteiger partial charge in [0.1, 0.15) is 5.75 Å². The Morgan fingerprint density at radius 2 is 1.76 bits per heavy atom. The number of alkyl halides is 2. The van der Waals surface area contributed by atoms with Crippen LogP contribution in [0.3, 0.4) is 0 Å². The summed E-state index contributed by atoms with van der Waals surface area (Å²) in [6, 6.07) is 5.83. The minimum atomic E-state index is -2.86. The number of carbonyl (C=O) groups is 1. The van der Waals surface area contributed by atoms with Crippen LogP contribution in [0.15, 0.2) is 29.8 Å². The van der Waals surface area contributed by atoms with E-state index in [0.717, 1.165) is 0 Å². The Labute approximate surface area is 97.3 Å². The van der Waals surface area contributed by atoms with Crippen LogP contribution in [0.4, 0.5) is 8.78 Å². The second-order valence-electron chi connectivity index (χ2n) is 3.46. The SMILES string of the molecule is CC(C(=O)O)=C(C)c1ccc(OC(F)F)cc1. The van der Waals surface area contributed by atoms with Crippen LogP contribution in [0.1, 0.15) is 19.4 Å². The van der Waals surface area contributed by atoms with Crippen LogP contribution in [0.25, 0.3) is 5.57 Å². The second kappa shape index (κ2) is 5.43. The molecule has 92 valence electrons. The van der Waals surface area contributed by atoms with Gasteiger partial charge in [-0.2, -0.15) is 8.78 Å². The predicted octanol–water partition coefficient (Wildman–Crippen LogP) is 3.17. The van der Waals surface area contributed by atoms with E-state index in [9.17, 15) is 13.6 Å². The van der Waals surface area contributed by atoms with E-state index in [1.54, 1.807) is 19.1 Å². The maximum atomic E-state index is 11.9. The minimum absolute atomic E-state index is 0.0459. The summed E-state index contributed by atoms with van der Waals surface area (Å²) in [7, 11) is 0. The van der Waals surface area contributed by atoms with Gasteiger partial charge < -0.3 is 9.84 Å². The number of halogens is 2. The second-order valence-corrected chi connectivity index (χ2v) is 3.46. The number of benzene rings is 1. The van der Waals surface area contributed by atoms with Crippen LogP contribution in [-0.4, -0.2) is 17.7 Å². The van der Waals surface area contributed by atoms with Crippen LogP contribution in [-0.2, 0) is 4.79 Å². The molecular formula is C12H12F2O3. The summed E-state index contributed by atoms with van der Waals surface area (Å²) >= 11 is 0. The molecule has 17 heavy (non-hydrogen) atoms. The van der Waals surface area contributed by atoms with Crippen molar-refractivity contribution in [3.63, 3.8) is 0 Å². The average molecular weight is 242 g/mol. The monoisotopic (exact) mass is 242 g/mol. The Hall–Kier alpha value is -1.91. The van der Waals surface area contributed by atoms with Gasteiger partial charge in [0, 0.05) is 5.57 Å². The highest BCUT2D eigenvalue weighted by Crippen LogP contribution is 2.22. The molecule has 1 aromatic carbocycles. The van der Waals surface area contributed by atoms with E-state index in [4.69, 9.17) is 5.11 Å². The molecule has 1 N–H and O–H groups in total. The molecule has 0 unspecified atom stereocenters. The largest absolute Gasteiger partial charge is 0.478 e. The van der Waals surface area contributed by atoms with Crippen molar-refractivity contribution >= 4 is 11.5 Å². The van der Waals surface area contributed by atoms with Crippen molar-refractivity contribution in [3.8, 4) is 5.75 Å². The quantitative estimate of drug-likeness (QED) is 0.825. The summed E-state index contributed by atoms with van der Waals surface area (Å²) in [6.45, 7) is 0.284. The number of hydrogen-bond acceptors (Lipinski definition) is 2. The van der Waals surface area contributed by atoms with Gasteiger partial charge >= 0.3 is 12.6 Å². The van der Waals surface area contributed by atoms with Gasteiger partial charge in [0.2, 0.25) is 0 Å². The molecule has 0 spiro atoms. The van der Waals surface area contributed by atoms with Crippen LogP contribution in [0, 0.1) is 0 Å². The lowest BCUT2D eigenvalue weighted by molar-refractivity contribution is -0.132. The molecule has 5 heteroatoms. The number of allylic oxidation sites excluding steroid dienone is 1. The molecule has 0 aliphatic carbocycles. The fourth-order valence-corrected chi connectivity index (χ4v) is 1.26. The summed E-state index contributed by atoms with van der Waals surface area (Å²) in [6.07, 6.45) is 0. The van der Waals surface area contributed by atoms with Crippen molar-refractivity contribution in [2.45, 2.75) is 20.5 Å². The lowest BCUT2D eigenvalue weighted by Crippen LogP contribution is -2.02. The number of hydrogen-bond donors (Lipinski definition) is 1. The molecule has 0 bridgehead atoms. The Morgan fingerprint density at radius 1 is 1.24 bits per heavy atom. The molecule has 3 nitrogen and oxygen atoms in total. The van der Waals surface area contributed by atoms with Crippen molar-refractivity contribution in [1.29, 1.82) is 0 Å². The summed E-state index contributed by atoms with van der Waals surface area (Å²) in [5.41, 5.74) is 1.46. The summed E-state index contributed by atoms with van der Waals surface area (Å²) in [5.74, 6) is -0.958. The molecule has 0 saturated carbocycles. The number of carboxylic acid groups (broad SMARTS) is 1. The van der Waals surface area contributed by atoms with Crippen LogP contribution < -0.4 is 4.74 Å². The summed E-state index contributed by atoms with van der Waals surface area (Å²) < 4.78 is 28.0. The summed E-state index contributed by atoms with van der Waals surface area (Å²) in [4.78, 5) is 10.7. The van der Waals surface area contributed by atoms with Crippen molar-refractivity contribution in [3.05, 3.63) is 35.4 Å². The third-order valence-corrected chi connectivity index (χ3v) is 2.40. The van der Waals surface area contributed by atoms with E-state index >= 15 is 0 Å². The highest BCUT2D eigenvalue weighted by Gasteiger charge is 2.08. The Morgan fingerprint density at radius 3 is 2.18 bits per heavy atom. The van der Waals surface area contributed by atoms with Crippen molar-refractivity contribution < 1.29 is 23.4 Å². The highest BCUT2D eigenvalue weighted by molar-refractivity contribution is 5.95. The van der Waals surface area contributed by atoms with Crippen molar-refractivity contribution in [2.75, 3.05) is 0 Å². The summed E-state index contributed by atoms with van der Waals surface area (Å²) in [5, 5.41) is 8.81. The maximum absolute atomic E-state index is 11.9. The third-order valence-electron chi connectivity index (χ3n) is 2.40. The van der Waals surface area contributed by atoms with Gasteiger partial charge in [-0.1, -0.05) is 12.1 Å². The third kappa shape index (κ3) is 3.55. The average Bonchev–Trinajstić information content (AvgIpc) is 2.27. The van der Waals surface area contributed by atoms with Gasteiger partial charge in [-0.15, -0.1) is 0 Å². The molecule has 0 aliphatic heterocycles. The first kappa shape index (κ1) is 13.2. The van der Waals surface area contributed by atoms with Crippen LogP contribution in [0.2, 0.25) is 0 Å². The molecule has 0 amide bonds. The predicted molar refractivity (Wildman–Crippen MR) is 59.0 cm³/mol. The molecular weight excluding hydrogens is 230 g/mol. The van der Waals surface area contributed by atoms with Gasteiger partial charge in [0.25, 0.3) is 0 Å². The first-order chi connectivity index (χ1) is 7.91. The molecule has 0 radical (unpaired) electrons. The Balaban J connectivity index is 2.95. The van der Waals surface area contributed by atoms with Crippen molar-refractivity contribution in [2.24, 2.45) is 0 Å². The van der Waals surface area contributed by atoms with E-state index in [2.05, 4.69) is 4.74 Å². The van der Waals surface area contributed by atoms with E-state index in [0.29, 0.717) is 11.1 Å². The van der Waals surface area contributed by atoms with E-state index < -0.39 is 12.6 Å².